The van der Waals surface area contributed by atoms with Crippen molar-refractivity contribution in [1.29, 1.82) is 0 Å². The summed E-state index contributed by atoms with van der Waals surface area (Å²) in [5.41, 5.74) is 5.18. The highest BCUT2D eigenvalue weighted by atomic mass is 32.1. The Kier molecular flexibility index (Phi) is 7.73. The molecule has 3 nitrogen and oxygen atoms in total. The first-order valence-corrected chi connectivity index (χ1v) is 6.16. The van der Waals surface area contributed by atoms with E-state index < -0.39 is 17.1 Å². The lowest BCUT2D eigenvalue weighted by atomic mass is 10.1. The van der Waals surface area contributed by atoms with Gasteiger partial charge >= 0.3 is 6.18 Å². The van der Waals surface area contributed by atoms with Crippen LogP contribution in [0.5, 0.6) is 0 Å². The van der Waals surface area contributed by atoms with Gasteiger partial charge in [0, 0.05) is 26.7 Å². The third kappa shape index (κ3) is 7.13. The highest BCUT2D eigenvalue weighted by Gasteiger charge is 2.42. The van der Waals surface area contributed by atoms with Crippen molar-refractivity contribution in [3.05, 3.63) is 0 Å². The van der Waals surface area contributed by atoms with Gasteiger partial charge in [-0.25, -0.2) is 0 Å². The molecule has 0 radical (unpaired) electrons. The molecule has 7 heteroatoms. The third-order valence-corrected chi connectivity index (χ3v) is 2.70. The van der Waals surface area contributed by atoms with Crippen molar-refractivity contribution in [2.75, 3.05) is 33.4 Å². The van der Waals surface area contributed by atoms with Gasteiger partial charge in [0.05, 0.1) is 11.6 Å². The van der Waals surface area contributed by atoms with Crippen LogP contribution in [0.2, 0.25) is 0 Å². The van der Waals surface area contributed by atoms with E-state index in [4.69, 9.17) is 10.5 Å². The van der Waals surface area contributed by atoms with Crippen LogP contribution in [0.3, 0.4) is 0 Å². The Bertz CT molecular complexity index is 259. The maximum absolute atomic E-state index is 12.8. The van der Waals surface area contributed by atoms with Crippen LogP contribution in [0.15, 0.2) is 0 Å². The minimum atomic E-state index is -4.39. The Hall–Kier alpha value is -0.400. The molecule has 0 heterocycles. The highest BCUT2D eigenvalue weighted by molar-refractivity contribution is 7.80. The van der Waals surface area contributed by atoms with Crippen molar-refractivity contribution in [2.45, 2.75) is 20.0 Å². The maximum Gasteiger partial charge on any atom is 0.399 e. The van der Waals surface area contributed by atoms with Crippen LogP contribution in [0, 0.1) is 11.8 Å². The van der Waals surface area contributed by atoms with Gasteiger partial charge in [0.2, 0.25) is 0 Å². The number of thiocarbonyl (C=S) groups is 1. The summed E-state index contributed by atoms with van der Waals surface area (Å²) in [4.78, 5) is 1.18. The highest BCUT2D eigenvalue weighted by Crippen LogP contribution is 2.27. The van der Waals surface area contributed by atoms with E-state index in [1.165, 1.54) is 7.11 Å². The van der Waals surface area contributed by atoms with Crippen LogP contribution in [-0.4, -0.2) is 49.4 Å². The van der Waals surface area contributed by atoms with Gasteiger partial charge < -0.3 is 10.5 Å². The molecule has 0 aliphatic rings. The molecular formula is C11H21F3N2OS. The van der Waals surface area contributed by atoms with E-state index in [1.807, 2.05) is 13.8 Å². The first-order valence-electron chi connectivity index (χ1n) is 5.75. The summed E-state index contributed by atoms with van der Waals surface area (Å²) in [6.07, 6.45) is -4.39. The zero-order chi connectivity index (χ0) is 14.3. The Morgan fingerprint density at radius 1 is 1.33 bits per heavy atom. The Labute approximate surface area is 111 Å². The Morgan fingerprint density at radius 3 is 2.22 bits per heavy atom. The molecule has 0 aliphatic heterocycles. The van der Waals surface area contributed by atoms with E-state index >= 15 is 0 Å². The van der Waals surface area contributed by atoms with Gasteiger partial charge in [-0.1, -0.05) is 26.1 Å². The molecule has 0 aromatic rings. The molecular weight excluding hydrogens is 265 g/mol. The molecule has 0 rings (SSSR count). The number of hydrogen-bond acceptors (Lipinski definition) is 3. The van der Waals surface area contributed by atoms with E-state index in [-0.39, 0.29) is 12.5 Å². The molecule has 1 atom stereocenters. The number of ether oxygens (including phenoxy) is 1. The van der Waals surface area contributed by atoms with Gasteiger partial charge in [-0.15, -0.1) is 0 Å². The smallest absolute Gasteiger partial charge is 0.393 e. The summed E-state index contributed by atoms with van der Waals surface area (Å²) in [5.74, 6) is -1.50. The minimum absolute atomic E-state index is 0.208. The minimum Gasteiger partial charge on any atom is -0.393 e. The Balaban J connectivity index is 4.64. The van der Waals surface area contributed by atoms with Crippen molar-refractivity contribution < 1.29 is 17.9 Å². The molecule has 2 N–H and O–H groups in total. The first kappa shape index (κ1) is 17.6. The average molecular weight is 286 g/mol. The number of halogens is 3. The molecule has 0 bridgehead atoms. The van der Waals surface area contributed by atoms with E-state index in [0.717, 1.165) is 0 Å². The first-order chi connectivity index (χ1) is 8.18. The summed E-state index contributed by atoms with van der Waals surface area (Å²) in [7, 11) is 1.52. The number of nitrogens with zero attached hydrogens (tertiary/aromatic N) is 1. The number of rotatable bonds is 8. The molecule has 0 saturated carbocycles. The molecule has 0 fully saturated rings. The van der Waals surface area contributed by atoms with Crippen molar-refractivity contribution in [3.8, 4) is 0 Å². The van der Waals surface area contributed by atoms with Crippen molar-refractivity contribution in [3.63, 3.8) is 0 Å². The topological polar surface area (TPSA) is 38.5 Å². The van der Waals surface area contributed by atoms with Crippen LogP contribution < -0.4 is 5.73 Å². The molecule has 108 valence electrons. The van der Waals surface area contributed by atoms with E-state index in [2.05, 4.69) is 12.2 Å². The lowest BCUT2D eigenvalue weighted by Gasteiger charge is -2.29. The van der Waals surface area contributed by atoms with Crippen molar-refractivity contribution in [2.24, 2.45) is 17.6 Å². The van der Waals surface area contributed by atoms with Gasteiger partial charge in [-0.2, -0.15) is 13.2 Å². The van der Waals surface area contributed by atoms with Gasteiger partial charge in [-0.05, 0) is 5.92 Å². The summed E-state index contributed by atoms with van der Waals surface area (Å²) < 4.78 is 43.2. The lowest BCUT2D eigenvalue weighted by Crippen LogP contribution is -2.45. The van der Waals surface area contributed by atoms with Crippen molar-refractivity contribution in [1.82, 2.24) is 4.90 Å². The number of methoxy groups -OCH3 is 1. The van der Waals surface area contributed by atoms with Gasteiger partial charge in [0.15, 0.2) is 0 Å². The standard InChI is InChI=1S/C11H21F3N2OS/c1-8(2)6-16(4-5-17-3)7-9(10(15)18)11(12,13)14/h8-9H,4-7H2,1-3H3,(H2,15,18). The maximum atomic E-state index is 12.8. The summed E-state index contributed by atoms with van der Waals surface area (Å²) in [6, 6.07) is 0. The zero-order valence-electron chi connectivity index (χ0n) is 11.0. The van der Waals surface area contributed by atoms with Crippen LogP contribution in [0.4, 0.5) is 13.2 Å². The van der Waals surface area contributed by atoms with Crippen LogP contribution >= 0.6 is 12.2 Å². The van der Waals surface area contributed by atoms with Crippen molar-refractivity contribution >= 4 is 17.2 Å². The molecule has 0 spiro atoms. The SMILES string of the molecule is COCCN(CC(C)C)CC(C(N)=S)C(F)(F)F. The predicted octanol–water partition coefficient (Wildman–Crippen LogP) is 2.06. The largest absolute Gasteiger partial charge is 0.399 e. The molecule has 0 aliphatic carbocycles. The fourth-order valence-corrected chi connectivity index (χ4v) is 1.82. The summed E-state index contributed by atoms with van der Waals surface area (Å²) in [5, 5.41) is 0. The second-order valence-corrected chi connectivity index (χ2v) is 5.11. The van der Waals surface area contributed by atoms with Gasteiger partial charge in [0.1, 0.15) is 5.92 Å². The number of nitrogens with two attached hydrogens (primary N) is 1. The molecule has 18 heavy (non-hydrogen) atoms. The number of alkyl halides is 3. The van der Waals surface area contributed by atoms with Crippen LogP contribution in [0.1, 0.15) is 13.8 Å². The molecule has 1 unspecified atom stereocenters. The second-order valence-electron chi connectivity index (χ2n) is 4.64. The lowest BCUT2D eigenvalue weighted by molar-refractivity contribution is -0.159. The summed E-state index contributed by atoms with van der Waals surface area (Å²) >= 11 is 4.51. The molecule has 0 saturated heterocycles. The zero-order valence-corrected chi connectivity index (χ0v) is 11.8. The Morgan fingerprint density at radius 2 is 1.89 bits per heavy atom. The molecule has 0 amide bonds. The van der Waals surface area contributed by atoms with Gasteiger partial charge in [-0.3, -0.25) is 4.90 Å². The van der Waals surface area contributed by atoms with E-state index in [9.17, 15) is 13.2 Å². The second kappa shape index (κ2) is 7.91. The monoisotopic (exact) mass is 286 g/mol. The fraction of sp³-hybridized carbons (Fsp3) is 0.909. The van der Waals surface area contributed by atoms with Crippen LogP contribution in [0.25, 0.3) is 0 Å². The summed E-state index contributed by atoms with van der Waals surface area (Å²) in [6.45, 7) is 5.06. The normalized spacial score (nSPS) is 14.2. The van der Waals surface area contributed by atoms with Crippen LogP contribution in [-0.2, 0) is 4.74 Å². The fourth-order valence-electron chi connectivity index (χ4n) is 1.61. The van der Waals surface area contributed by atoms with E-state index in [1.54, 1.807) is 4.90 Å². The van der Waals surface area contributed by atoms with E-state index in [0.29, 0.717) is 19.7 Å². The average Bonchev–Trinajstić information content (AvgIpc) is 2.18. The third-order valence-electron chi connectivity index (χ3n) is 2.41. The molecule has 0 aromatic carbocycles. The number of hydrogen-bond donors (Lipinski definition) is 1. The molecule has 0 aromatic heterocycles. The predicted molar refractivity (Wildman–Crippen MR) is 69.5 cm³/mol. The quantitative estimate of drug-likeness (QED) is 0.693. The van der Waals surface area contributed by atoms with Gasteiger partial charge in [0.25, 0.3) is 0 Å².